The summed E-state index contributed by atoms with van der Waals surface area (Å²) in [5.74, 6) is -1.15. The van der Waals surface area contributed by atoms with Gasteiger partial charge in [-0.25, -0.2) is 4.79 Å². The van der Waals surface area contributed by atoms with E-state index in [1.165, 1.54) is 13.2 Å². The number of amides is 1. The molecule has 0 aliphatic rings. The lowest BCUT2D eigenvalue weighted by atomic mass is 9.94. The van der Waals surface area contributed by atoms with Crippen LogP contribution in [-0.4, -0.2) is 29.9 Å². The molecule has 0 atom stereocenters. The van der Waals surface area contributed by atoms with Crippen molar-refractivity contribution in [3.63, 3.8) is 0 Å². The van der Waals surface area contributed by atoms with Gasteiger partial charge >= 0.3 is 5.97 Å². The first-order chi connectivity index (χ1) is 13.9. The normalized spacial score (nSPS) is 10.2. The molecule has 7 heteroatoms. The molecule has 3 aromatic carbocycles. The predicted octanol–water partition coefficient (Wildman–Crippen LogP) is 3.60. The molecule has 29 heavy (non-hydrogen) atoms. The van der Waals surface area contributed by atoms with Gasteiger partial charge in [0.2, 0.25) is 0 Å². The Morgan fingerprint density at radius 1 is 0.966 bits per heavy atom. The van der Waals surface area contributed by atoms with Gasteiger partial charge in [-0.2, -0.15) is 0 Å². The first-order valence-corrected chi connectivity index (χ1v) is 8.67. The second kappa shape index (κ2) is 8.26. The zero-order valence-electron chi connectivity index (χ0n) is 15.6. The molecule has 0 aromatic heterocycles. The number of carbonyl (C=O) groups excluding carboxylic acids is 1. The van der Waals surface area contributed by atoms with E-state index < -0.39 is 5.97 Å². The Morgan fingerprint density at radius 2 is 1.62 bits per heavy atom. The van der Waals surface area contributed by atoms with E-state index in [2.05, 4.69) is 5.32 Å². The summed E-state index contributed by atoms with van der Waals surface area (Å²) < 4.78 is 5.11. The highest BCUT2D eigenvalue weighted by Crippen LogP contribution is 2.30. The summed E-state index contributed by atoms with van der Waals surface area (Å²) >= 11 is 0. The number of nitrogens with two attached hydrogens (primary N) is 1. The molecular formula is C22H19N3O4. The Hall–Kier alpha value is -4.13. The molecule has 0 aliphatic carbocycles. The number of benzene rings is 3. The first-order valence-electron chi connectivity index (χ1n) is 8.67. The van der Waals surface area contributed by atoms with Gasteiger partial charge in [0.1, 0.15) is 11.6 Å². The second-order valence-electron chi connectivity index (χ2n) is 6.21. The number of methoxy groups -OCH3 is 1. The number of anilines is 1. The summed E-state index contributed by atoms with van der Waals surface area (Å²) in [7, 11) is 1.46. The van der Waals surface area contributed by atoms with Crippen molar-refractivity contribution in [3.05, 3.63) is 83.4 Å². The molecule has 0 heterocycles. The van der Waals surface area contributed by atoms with Gasteiger partial charge in [-0.05, 0) is 59.7 Å². The fourth-order valence-electron chi connectivity index (χ4n) is 2.91. The fraction of sp³-hybridized carbons (Fsp3) is 0.0455. The van der Waals surface area contributed by atoms with E-state index in [1.54, 1.807) is 60.7 Å². The van der Waals surface area contributed by atoms with Gasteiger partial charge in [-0.3, -0.25) is 10.2 Å². The van der Waals surface area contributed by atoms with Crippen LogP contribution in [0.3, 0.4) is 0 Å². The molecule has 0 bridgehead atoms. The van der Waals surface area contributed by atoms with Crippen LogP contribution in [0.2, 0.25) is 0 Å². The lowest BCUT2D eigenvalue weighted by molar-refractivity contribution is 0.0697. The SMILES string of the molecule is COc1ccc(-c2ccccc2C(=O)Nc2ccc(C(=N)N)cc2)c(C(=O)O)c1. The molecule has 0 aliphatic heterocycles. The lowest BCUT2D eigenvalue weighted by Crippen LogP contribution is -2.14. The fourth-order valence-corrected chi connectivity index (χ4v) is 2.91. The van der Waals surface area contributed by atoms with Crippen molar-refractivity contribution in [2.45, 2.75) is 0 Å². The van der Waals surface area contributed by atoms with Crippen LogP contribution in [-0.2, 0) is 0 Å². The van der Waals surface area contributed by atoms with Gasteiger partial charge in [0, 0.05) is 16.8 Å². The number of nitrogen functional groups attached to an aromatic ring is 1. The average Bonchev–Trinajstić information content (AvgIpc) is 2.73. The zero-order chi connectivity index (χ0) is 21.0. The summed E-state index contributed by atoms with van der Waals surface area (Å²) in [6, 6.07) is 18.0. The third-order valence-corrected chi connectivity index (χ3v) is 4.37. The van der Waals surface area contributed by atoms with Crippen molar-refractivity contribution in [2.24, 2.45) is 5.73 Å². The van der Waals surface area contributed by atoms with Gasteiger partial charge in [0.05, 0.1) is 12.7 Å². The van der Waals surface area contributed by atoms with Gasteiger partial charge in [0.25, 0.3) is 5.91 Å². The van der Waals surface area contributed by atoms with E-state index in [4.69, 9.17) is 15.9 Å². The first kappa shape index (κ1) is 19.6. The number of hydrogen-bond acceptors (Lipinski definition) is 4. The number of nitrogens with one attached hydrogen (secondary N) is 2. The molecular weight excluding hydrogens is 370 g/mol. The minimum Gasteiger partial charge on any atom is -0.497 e. The smallest absolute Gasteiger partial charge is 0.336 e. The molecule has 0 spiro atoms. The average molecular weight is 389 g/mol. The number of ether oxygens (including phenoxy) is 1. The number of carboxylic acid groups (broad SMARTS) is 1. The van der Waals surface area contributed by atoms with Crippen LogP contribution >= 0.6 is 0 Å². The van der Waals surface area contributed by atoms with Gasteiger partial charge in [-0.15, -0.1) is 0 Å². The number of hydrogen-bond donors (Lipinski definition) is 4. The number of amidine groups is 1. The van der Waals surface area contributed by atoms with E-state index in [9.17, 15) is 14.7 Å². The minimum absolute atomic E-state index is 0.0374. The van der Waals surface area contributed by atoms with Crippen LogP contribution in [0.1, 0.15) is 26.3 Å². The van der Waals surface area contributed by atoms with Crippen LogP contribution < -0.4 is 15.8 Å². The van der Waals surface area contributed by atoms with Crippen LogP contribution in [0, 0.1) is 5.41 Å². The molecule has 0 saturated carbocycles. The van der Waals surface area contributed by atoms with Gasteiger partial charge in [-0.1, -0.05) is 18.2 Å². The number of aromatic carboxylic acids is 1. The number of carbonyl (C=O) groups is 2. The monoisotopic (exact) mass is 389 g/mol. The van der Waals surface area contributed by atoms with Gasteiger partial charge in [0.15, 0.2) is 0 Å². The maximum absolute atomic E-state index is 12.9. The summed E-state index contributed by atoms with van der Waals surface area (Å²) in [6.07, 6.45) is 0. The molecule has 7 nitrogen and oxygen atoms in total. The molecule has 0 radical (unpaired) electrons. The maximum atomic E-state index is 12.9. The molecule has 3 aromatic rings. The molecule has 0 saturated heterocycles. The summed E-state index contributed by atoms with van der Waals surface area (Å²) in [5.41, 5.74) is 7.79. The molecule has 0 fully saturated rings. The van der Waals surface area contributed by atoms with Crippen molar-refractivity contribution >= 4 is 23.4 Å². The van der Waals surface area contributed by atoms with Crippen molar-refractivity contribution in [3.8, 4) is 16.9 Å². The Bertz CT molecular complexity index is 1090. The quantitative estimate of drug-likeness (QED) is 0.379. The lowest BCUT2D eigenvalue weighted by Gasteiger charge is -2.13. The van der Waals surface area contributed by atoms with E-state index in [0.29, 0.717) is 33.7 Å². The van der Waals surface area contributed by atoms with Crippen molar-refractivity contribution in [1.82, 2.24) is 0 Å². The Balaban J connectivity index is 1.98. The molecule has 5 N–H and O–H groups in total. The van der Waals surface area contributed by atoms with Crippen molar-refractivity contribution in [1.29, 1.82) is 5.41 Å². The van der Waals surface area contributed by atoms with E-state index in [-0.39, 0.29) is 17.3 Å². The molecule has 3 rings (SSSR count). The Labute approximate surface area is 167 Å². The Kier molecular flexibility index (Phi) is 5.59. The van der Waals surface area contributed by atoms with Crippen LogP contribution in [0.15, 0.2) is 66.7 Å². The molecule has 1 amide bonds. The highest BCUT2D eigenvalue weighted by molar-refractivity contribution is 6.10. The standard InChI is InChI=1S/C22H19N3O4/c1-29-15-10-11-17(19(12-15)22(27)28)16-4-2-3-5-18(16)21(26)25-14-8-6-13(7-9-14)20(23)24/h2-12H,1H3,(H3,23,24)(H,25,26)(H,27,28). The van der Waals surface area contributed by atoms with Crippen LogP contribution in [0.25, 0.3) is 11.1 Å². The van der Waals surface area contributed by atoms with E-state index >= 15 is 0 Å². The molecule has 0 unspecified atom stereocenters. The van der Waals surface area contributed by atoms with Gasteiger partial charge < -0.3 is 20.9 Å². The second-order valence-corrected chi connectivity index (χ2v) is 6.21. The largest absolute Gasteiger partial charge is 0.497 e. The van der Waals surface area contributed by atoms with E-state index in [0.717, 1.165) is 0 Å². The molecule has 146 valence electrons. The third kappa shape index (κ3) is 4.24. The zero-order valence-corrected chi connectivity index (χ0v) is 15.6. The minimum atomic E-state index is -1.12. The predicted molar refractivity (Wildman–Crippen MR) is 111 cm³/mol. The maximum Gasteiger partial charge on any atom is 0.336 e. The Morgan fingerprint density at radius 3 is 2.24 bits per heavy atom. The summed E-state index contributed by atoms with van der Waals surface area (Å²) in [5, 5.41) is 19.8. The highest BCUT2D eigenvalue weighted by Gasteiger charge is 2.19. The van der Waals surface area contributed by atoms with Crippen LogP contribution in [0.5, 0.6) is 5.75 Å². The summed E-state index contributed by atoms with van der Waals surface area (Å²) in [4.78, 5) is 24.6. The van der Waals surface area contributed by atoms with Crippen molar-refractivity contribution < 1.29 is 19.4 Å². The van der Waals surface area contributed by atoms with Crippen LogP contribution in [0.4, 0.5) is 5.69 Å². The van der Waals surface area contributed by atoms with Crippen molar-refractivity contribution in [2.75, 3.05) is 12.4 Å². The third-order valence-electron chi connectivity index (χ3n) is 4.37. The number of carboxylic acids is 1. The number of rotatable bonds is 6. The topological polar surface area (TPSA) is 126 Å². The highest BCUT2D eigenvalue weighted by atomic mass is 16.5. The van der Waals surface area contributed by atoms with E-state index in [1.807, 2.05) is 0 Å². The summed E-state index contributed by atoms with van der Waals surface area (Å²) in [6.45, 7) is 0.